The summed E-state index contributed by atoms with van der Waals surface area (Å²) in [7, 11) is 1.79. The van der Waals surface area contributed by atoms with Crippen LogP contribution in [0.3, 0.4) is 0 Å². The van der Waals surface area contributed by atoms with Crippen molar-refractivity contribution >= 4 is 28.7 Å². The zero-order valence-electron chi connectivity index (χ0n) is 19.8. The number of anilines is 2. The van der Waals surface area contributed by atoms with Crippen molar-refractivity contribution in [3.05, 3.63) is 47.8 Å². The Kier molecular flexibility index (Phi) is 6.09. The lowest BCUT2D eigenvalue weighted by molar-refractivity contribution is -1.09. The van der Waals surface area contributed by atoms with E-state index in [1.54, 1.807) is 11.9 Å². The van der Waals surface area contributed by atoms with Crippen LogP contribution in [0.2, 0.25) is 0 Å². The quantitative estimate of drug-likeness (QED) is 0.457. The van der Waals surface area contributed by atoms with E-state index in [0.717, 1.165) is 49.6 Å². The second-order valence-corrected chi connectivity index (χ2v) is 10.4. The number of aromatic nitrogens is 1. The average Bonchev–Trinajstić information content (AvgIpc) is 3.14. The lowest BCUT2D eigenvalue weighted by Crippen LogP contribution is -2.52. The molecule has 1 saturated carbocycles. The standard InChI is InChI=1S/C25H27F3N5O2S/c1-33(34)11-7-20(8-12-33)35-19-5-3-17(4-6-19)32-23(36)31(16-24(32)9-2-10-24)18-13-21(25(26,27)28)22(14-29)30-15-18/h3-6,13,15,20,34H,2,7-12,16H2,1H3/q+1/t20-,33+. The van der Waals surface area contributed by atoms with Gasteiger partial charge in [-0.15, -0.1) is 0 Å². The van der Waals surface area contributed by atoms with E-state index in [1.807, 2.05) is 29.2 Å². The SMILES string of the molecule is C[N@+]1(O)CC[C@@H](Oc2ccc(N3C(=S)N(c4cnc(C#N)c(C(F)(F)F)c4)CC34CCC4)cc2)CC1. The average molecular weight is 519 g/mol. The number of hydrogen-bond donors (Lipinski definition) is 1. The maximum absolute atomic E-state index is 13.5. The number of benzene rings is 1. The Labute approximate surface area is 212 Å². The Bertz CT molecular complexity index is 1200. The molecule has 3 aliphatic rings. The summed E-state index contributed by atoms with van der Waals surface area (Å²) in [5, 5.41) is 19.6. The van der Waals surface area contributed by atoms with E-state index in [4.69, 9.17) is 22.2 Å². The first-order valence-electron chi connectivity index (χ1n) is 11.9. The molecule has 1 spiro atoms. The molecule has 5 rings (SSSR count). The molecule has 1 aromatic heterocycles. The number of hydroxylamine groups is 3. The number of likely N-dealkylation sites (tertiary alicyclic amines) is 1. The molecule has 0 atom stereocenters. The van der Waals surface area contributed by atoms with Crippen molar-refractivity contribution in [3.8, 4) is 11.8 Å². The van der Waals surface area contributed by atoms with E-state index in [0.29, 0.717) is 24.7 Å². The van der Waals surface area contributed by atoms with Crippen LogP contribution in [0.1, 0.15) is 43.4 Å². The van der Waals surface area contributed by atoms with Crippen LogP contribution in [0.4, 0.5) is 24.5 Å². The molecule has 1 N–H and O–H groups in total. The van der Waals surface area contributed by atoms with Crippen LogP contribution in [0.15, 0.2) is 36.5 Å². The Morgan fingerprint density at radius 1 is 1.19 bits per heavy atom. The summed E-state index contributed by atoms with van der Waals surface area (Å²) in [5.74, 6) is 0.730. The number of rotatable bonds is 4. The molecule has 3 fully saturated rings. The largest absolute Gasteiger partial charge is 0.490 e. The van der Waals surface area contributed by atoms with Crippen LogP contribution < -0.4 is 14.5 Å². The maximum atomic E-state index is 13.5. The van der Waals surface area contributed by atoms with Gasteiger partial charge in [0.15, 0.2) is 10.8 Å². The lowest BCUT2D eigenvalue weighted by Gasteiger charge is -2.45. The molecule has 0 amide bonds. The third kappa shape index (κ3) is 4.49. The van der Waals surface area contributed by atoms with Crippen molar-refractivity contribution in [3.63, 3.8) is 0 Å². The van der Waals surface area contributed by atoms with E-state index in [9.17, 15) is 18.4 Å². The number of nitrogens with zero attached hydrogens (tertiary/aromatic N) is 5. The minimum atomic E-state index is -4.69. The Balaban J connectivity index is 1.37. The van der Waals surface area contributed by atoms with Crippen molar-refractivity contribution in [2.45, 2.75) is 49.9 Å². The van der Waals surface area contributed by atoms with E-state index in [-0.39, 0.29) is 22.0 Å². The van der Waals surface area contributed by atoms with E-state index >= 15 is 0 Å². The van der Waals surface area contributed by atoms with Gasteiger partial charge in [0.25, 0.3) is 0 Å². The normalized spacial score (nSPS) is 25.6. The van der Waals surface area contributed by atoms with Gasteiger partial charge in [0.05, 0.1) is 30.0 Å². The first kappa shape index (κ1) is 24.7. The van der Waals surface area contributed by atoms with Crippen LogP contribution in [0.5, 0.6) is 5.75 Å². The van der Waals surface area contributed by atoms with Crippen LogP contribution in [-0.2, 0) is 6.18 Å². The number of nitriles is 1. The molecule has 7 nitrogen and oxygen atoms in total. The van der Waals surface area contributed by atoms with Gasteiger partial charge in [-0.25, -0.2) is 10.2 Å². The Hall–Kier alpha value is -2.94. The van der Waals surface area contributed by atoms with Gasteiger partial charge in [0.2, 0.25) is 0 Å². The molecule has 2 aliphatic heterocycles. The zero-order chi connectivity index (χ0) is 25.7. The fraction of sp³-hybridized carbons (Fsp3) is 0.480. The fourth-order valence-electron chi connectivity index (χ4n) is 5.30. The molecule has 11 heteroatoms. The van der Waals surface area contributed by atoms with Crippen molar-refractivity contribution in [2.75, 3.05) is 36.5 Å². The summed E-state index contributed by atoms with van der Waals surface area (Å²) in [6.07, 6.45) is 0.929. The highest BCUT2D eigenvalue weighted by Crippen LogP contribution is 2.47. The van der Waals surface area contributed by atoms with Gasteiger partial charge < -0.3 is 14.5 Å². The van der Waals surface area contributed by atoms with E-state index in [2.05, 4.69) is 4.98 Å². The number of halogens is 3. The first-order chi connectivity index (χ1) is 17.0. The molecule has 190 valence electrons. The number of piperidine rings is 1. The highest BCUT2D eigenvalue weighted by atomic mass is 32.1. The van der Waals surface area contributed by atoms with Crippen molar-refractivity contribution < 1.29 is 27.8 Å². The van der Waals surface area contributed by atoms with Crippen LogP contribution >= 0.6 is 12.2 Å². The second-order valence-electron chi connectivity index (χ2n) is 10.1. The molecule has 0 unspecified atom stereocenters. The summed E-state index contributed by atoms with van der Waals surface area (Å²) < 4.78 is 46.7. The van der Waals surface area contributed by atoms with Crippen molar-refractivity contribution in [1.29, 1.82) is 5.26 Å². The second kappa shape index (κ2) is 8.87. The molecule has 2 aromatic rings. The first-order valence-corrected chi connectivity index (χ1v) is 12.4. The maximum Gasteiger partial charge on any atom is 0.419 e. The van der Waals surface area contributed by atoms with Crippen LogP contribution in [-0.4, -0.2) is 58.3 Å². The van der Waals surface area contributed by atoms with Gasteiger partial charge in [-0.1, -0.05) is 0 Å². The number of alkyl halides is 3. The topological polar surface area (TPSA) is 72.6 Å². The van der Waals surface area contributed by atoms with Gasteiger partial charge >= 0.3 is 6.18 Å². The van der Waals surface area contributed by atoms with Gasteiger partial charge in [-0.05, 0) is 61.8 Å². The third-order valence-electron chi connectivity index (χ3n) is 7.49. The number of thiocarbonyl (C=S) groups is 1. The molecule has 36 heavy (non-hydrogen) atoms. The monoisotopic (exact) mass is 518 g/mol. The third-order valence-corrected chi connectivity index (χ3v) is 7.90. The Morgan fingerprint density at radius 2 is 1.86 bits per heavy atom. The van der Waals surface area contributed by atoms with Crippen LogP contribution in [0, 0.1) is 11.3 Å². The predicted molar refractivity (Wildman–Crippen MR) is 131 cm³/mol. The summed E-state index contributed by atoms with van der Waals surface area (Å²) in [4.78, 5) is 7.50. The minimum Gasteiger partial charge on any atom is -0.490 e. The number of pyridine rings is 1. The van der Waals surface area contributed by atoms with E-state index in [1.165, 1.54) is 12.3 Å². The summed E-state index contributed by atoms with van der Waals surface area (Å²) in [5.41, 5.74) is -0.917. The fourth-order valence-corrected chi connectivity index (χ4v) is 5.77. The Morgan fingerprint density at radius 3 is 2.42 bits per heavy atom. The van der Waals surface area contributed by atoms with Crippen molar-refractivity contribution in [1.82, 2.24) is 4.98 Å². The predicted octanol–water partition coefficient (Wildman–Crippen LogP) is 4.88. The number of hydrogen-bond acceptors (Lipinski definition) is 5. The molecular weight excluding hydrogens is 491 g/mol. The van der Waals surface area contributed by atoms with Gasteiger partial charge in [-0.2, -0.15) is 23.1 Å². The molecule has 0 bridgehead atoms. The number of quaternary nitrogens is 1. The molecule has 1 aromatic carbocycles. The van der Waals surface area contributed by atoms with Gasteiger partial charge in [0.1, 0.15) is 31.0 Å². The number of ether oxygens (including phenoxy) is 1. The molecule has 0 radical (unpaired) electrons. The minimum absolute atomic E-state index is 0.0169. The molecular formula is C25H27F3N5O2S+. The molecule has 2 saturated heterocycles. The summed E-state index contributed by atoms with van der Waals surface area (Å²) >= 11 is 5.78. The zero-order valence-corrected chi connectivity index (χ0v) is 20.6. The summed E-state index contributed by atoms with van der Waals surface area (Å²) in [6.45, 7) is 1.74. The van der Waals surface area contributed by atoms with Gasteiger partial charge in [0, 0.05) is 25.1 Å². The summed E-state index contributed by atoms with van der Waals surface area (Å²) in [6, 6.07) is 10.1. The molecule has 3 heterocycles. The van der Waals surface area contributed by atoms with Gasteiger partial charge in [-0.3, -0.25) is 0 Å². The highest BCUT2D eigenvalue weighted by molar-refractivity contribution is 7.80. The van der Waals surface area contributed by atoms with E-state index < -0.39 is 17.4 Å². The highest BCUT2D eigenvalue weighted by Gasteiger charge is 2.52. The molecule has 1 aliphatic carbocycles. The van der Waals surface area contributed by atoms with Crippen LogP contribution in [0.25, 0.3) is 0 Å². The van der Waals surface area contributed by atoms with Crippen molar-refractivity contribution in [2.24, 2.45) is 0 Å². The smallest absolute Gasteiger partial charge is 0.419 e. The lowest BCUT2D eigenvalue weighted by atomic mass is 9.76.